The van der Waals surface area contributed by atoms with E-state index in [1.807, 2.05) is 6.07 Å². The van der Waals surface area contributed by atoms with Gasteiger partial charge in [0.15, 0.2) is 0 Å². The van der Waals surface area contributed by atoms with Gasteiger partial charge in [0.2, 0.25) is 0 Å². The molecule has 1 N–H and O–H groups in total. The van der Waals surface area contributed by atoms with Crippen LogP contribution in [0.3, 0.4) is 0 Å². The molecule has 3 rings (SSSR count). The van der Waals surface area contributed by atoms with Crippen LogP contribution < -0.4 is 10.1 Å². The average Bonchev–Trinajstić information content (AvgIpc) is 2.38. The van der Waals surface area contributed by atoms with Gasteiger partial charge in [-0.25, -0.2) is 0 Å². The van der Waals surface area contributed by atoms with E-state index in [-0.39, 0.29) is 6.10 Å². The minimum absolute atomic E-state index is 0.239. The molecule has 2 aliphatic rings. The molecule has 2 atom stereocenters. The van der Waals surface area contributed by atoms with Crippen molar-refractivity contribution in [3.63, 3.8) is 0 Å². The Morgan fingerprint density at radius 1 is 1.44 bits per heavy atom. The van der Waals surface area contributed by atoms with Crippen LogP contribution in [0.1, 0.15) is 23.7 Å². The van der Waals surface area contributed by atoms with Crippen molar-refractivity contribution in [1.29, 1.82) is 0 Å². The van der Waals surface area contributed by atoms with Crippen LogP contribution in [0, 0.1) is 0 Å². The highest BCUT2D eigenvalue weighted by Gasteiger charge is 2.32. The molecule has 1 heterocycles. The average molecular weight is 219 g/mol. The summed E-state index contributed by atoms with van der Waals surface area (Å²) in [6.45, 7) is 1.79. The largest absolute Gasteiger partial charge is 0.497 e. The Morgan fingerprint density at radius 3 is 3.25 bits per heavy atom. The van der Waals surface area contributed by atoms with Gasteiger partial charge in [-0.1, -0.05) is 6.07 Å². The molecule has 0 amide bonds. The Labute approximate surface area is 95.8 Å². The molecule has 1 saturated heterocycles. The lowest BCUT2D eigenvalue weighted by molar-refractivity contribution is -0.0127. The zero-order chi connectivity index (χ0) is 11.0. The number of aryl methyl sites for hydroxylation is 1. The summed E-state index contributed by atoms with van der Waals surface area (Å²) in [5.74, 6) is 0.945. The van der Waals surface area contributed by atoms with Crippen molar-refractivity contribution < 1.29 is 9.47 Å². The van der Waals surface area contributed by atoms with Gasteiger partial charge in [0, 0.05) is 12.6 Å². The number of methoxy groups -OCH3 is 1. The summed E-state index contributed by atoms with van der Waals surface area (Å²) in [5.41, 5.74) is 2.72. The molecule has 1 aliphatic carbocycles. The van der Waals surface area contributed by atoms with Crippen molar-refractivity contribution in [1.82, 2.24) is 5.32 Å². The van der Waals surface area contributed by atoms with Crippen LogP contribution in [0.25, 0.3) is 0 Å². The molecule has 3 heteroatoms. The van der Waals surface area contributed by atoms with E-state index in [0.717, 1.165) is 31.7 Å². The molecule has 1 fully saturated rings. The predicted octanol–water partition coefficient (Wildman–Crippen LogP) is 1.67. The number of rotatable bonds is 1. The van der Waals surface area contributed by atoms with Crippen LogP contribution in [0.2, 0.25) is 0 Å². The minimum atomic E-state index is 0.239. The fraction of sp³-hybridized carbons (Fsp3) is 0.538. The minimum Gasteiger partial charge on any atom is -0.497 e. The standard InChI is InChI=1S/C13H17NO2/c1-15-10-3-4-11-9(8-10)2-5-12-13(11)16-7-6-14-12/h3-4,8,12-14H,2,5-7H2,1H3/t12-,13-/m1/s1. The smallest absolute Gasteiger partial charge is 0.119 e. The number of morpholine rings is 1. The third kappa shape index (κ3) is 1.60. The third-order valence-corrected chi connectivity index (χ3v) is 3.55. The third-order valence-electron chi connectivity index (χ3n) is 3.55. The molecule has 0 radical (unpaired) electrons. The summed E-state index contributed by atoms with van der Waals surface area (Å²) in [6.07, 6.45) is 2.51. The summed E-state index contributed by atoms with van der Waals surface area (Å²) in [6, 6.07) is 6.82. The van der Waals surface area contributed by atoms with Crippen LogP contribution in [0.5, 0.6) is 5.75 Å². The Balaban J connectivity index is 1.96. The zero-order valence-corrected chi connectivity index (χ0v) is 9.53. The second-order valence-corrected chi connectivity index (χ2v) is 4.46. The van der Waals surface area contributed by atoms with E-state index in [1.54, 1.807) is 7.11 Å². The monoisotopic (exact) mass is 219 g/mol. The Kier molecular flexibility index (Phi) is 2.58. The molecule has 0 aromatic heterocycles. The predicted molar refractivity (Wildman–Crippen MR) is 61.8 cm³/mol. The van der Waals surface area contributed by atoms with E-state index in [4.69, 9.17) is 9.47 Å². The van der Waals surface area contributed by atoms with Crippen molar-refractivity contribution in [2.24, 2.45) is 0 Å². The molecule has 1 aliphatic heterocycles. The van der Waals surface area contributed by atoms with Crippen molar-refractivity contribution >= 4 is 0 Å². The number of fused-ring (bicyclic) bond motifs is 3. The van der Waals surface area contributed by atoms with Crippen LogP contribution in [-0.2, 0) is 11.2 Å². The van der Waals surface area contributed by atoms with E-state index >= 15 is 0 Å². The first-order valence-electron chi connectivity index (χ1n) is 5.90. The molecular weight excluding hydrogens is 202 g/mol. The first-order valence-corrected chi connectivity index (χ1v) is 5.90. The second-order valence-electron chi connectivity index (χ2n) is 4.46. The SMILES string of the molecule is COc1ccc2c(c1)CC[C@H]1NCCO[C@H]21. The normalized spacial score (nSPS) is 28.1. The highest BCUT2D eigenvalue weighted by atomic mass is 16.5. The van der Waals surface area contributed by atoms with Gasteiger partial charge < -0.3 is 14.8 Å². The van der Waals surface area contributed by atoms with Crippen molar-refractivity contribution in [3.8, 4) is 5.75 Å². The van der Waals surface area contributed by atoms with Gasteiger partial charge in [0.25, 0.3) is 0 Å². The molecule has 1 aromatic carbocycles. The second kappa shape index (κ2) is 4.07. The summed E-state index contributed by atoms with van der Waals surface area (Å²) in [4.78, 5) is 0. The highest BCUT2D eigenvalue weighted by Crippen LogP contribution is 2.35. The van der Waals surface area contributed by atoms with E-state index < -0.39 is 0 Å². The number of ether oxygens (including phenoxy) is 2. The lowest BCUT2D eigenvalue weighted by Gasteiger charge is -2.37. The highest BCUT2D eigenvalue weighted by molar-refractivity contribution is 5.39. The van der Waals surface area contributed by atoms with Gasteiger partial charge in [-0.3, -0.25) is 0 Å². The maximum Gasteiger partial charge on any atom is 0.119 e. The van der Waals surface area contributed by atoms with Crippen LogP contribution in [0.15, 0.2) is 18.2 Å². The molecule has 1 aromatic rings. The maximum atomic E-state index is 5.88. The first-order chi connectivity index (χ1) is 7.88. The van der Waals surface area contributed by atoms with Crippen molar-refractivity contribution in [3.05, 3.63) is 29.3 Å². The summed E-state index contributed by atoms with van der Waals surface area (Å²) >= 11 is 0. The number of benzene rings is 1. The molecule has 0 bridgehead atoms. The maximum absolute atomic E-state index is 5.88. The topological polar surface area (TPSA) is 30.5 Å². The molecule has 0 spiro atoms. The quantitative estimate of drug-likeness (QED) is 0.779. The van der Waals surface area contributed by atoms with Gasteiger partial charge in [0.1, 0.15) is 5.75 Å². The Morgan fingerprint density at radius 2 is 2.38 bits per heavy atom. The fourth-order valence-corrected chi connectivity index (χ4v) is 2.73. The van der Waals surface area contributed by atoms with Gasteiger partial charge in [0.05, 0.1) is 19.8 Å². The molecule has 16 heavy (non-hydrogen) atoms. The van der Waals surface area contributed by atoms with Crippen LogP contribution in [-0.4, -0.2) is 26.3 Å². The van der Waals surface area contributed by atoms with Gasteiger partial charge in [-0.05, 0) is 36.1 Å². The summed E-state index contributed by atoms with van der Waals surface area (Å²) in [5, 5.41) is 3.53. The number of nitrogens with one attached hydrogen (secondary N) is 1. The van der Waals surface area contributed by atoms with Crippen molar-refractivity contribution in [2.75, 3.05) is 20.3 Å². The lowest BCUT2D eigenvalue weighted by Crippen LogP contribution is -2.45. The lowest BCUT2D eigenvalue weighted by atomic mass is 9.85. The first kappa shape index (κ1) is 10.1. The van der Waals surface area contributed by atoms with E-state index in [0.29, 0.717) is 6.04 Å². The van der Waals surface area contributed by atoms with Crippen molar-refractivity contribution in [2.45, 2.75) is 25.0 Å². The fourth-order valence-electron chi connectivity index (χ4n) is 2.73. The number of hydrogen-bond donors (Lipinski definition) is 1. The van der Waals surface area contributed by atoms with Gasteiger partial charge in [-0.2, -0.15) is 0 Å². The molecular formula is C13H17NO2. The van der Waals surface area contributed by atoms with E-state index in [1.165, 1.54) is 11.1 Å². The Hall–Kier alpha value is -1.06. The molecule has 86 valence electrons. The molecule has 3 nitrogen and oxygen atoms in total. The molecule has 0 saturated carbocycles. The van der Waals surface area contributed by atoms with Gasteiger partial charge in [-0.15, -0.1) is 0 Å². The van der Waals surface area contributed by atoms with Crippen LogP contribution in [0.4, 0.5) is 0 Å². The zero-order valence-electron chi connectivity index (χ0n) is 9.53. The Bertz CT molecular complexity index is 392. The summed E-state index contributed by atoms with van der Waals surface area (Å²) in [7, 11) is 1.71. The van der Waals surface area contributed by atoms with E-state index in [9.17, 15) is 0 Å². The summed E-state index contributed by atoms with van der Waals surface area (Å²) < 4.78 is 11.1. The van der Waals surface area contributed by atoms with Gasteiger partial charge >= 0.3 is 0 Å². The number of hydrogen-bond acceptors (Lipinski definition) is 3. The van der Waals surface area contributed by atoms with E-state index in [2.05, 4.69) is 17.4 Å². The molecule has 0 unspecified atom stereocenters. The van der Waals surface area contributed by atoms with Crippen LogP contribution >= 0.6 is 0 Å².